The monoisotopic (exact) mass is 265 g/mol. The van der Waals surface area contributed by atoms with Crippen LogP contribution in [0.5, 0.6) is 0 Å². The Morgan fingerprint density at radius 2 is 2.32 bits per heavy atom. The minimum atomic E-state index is 0.351. The van der Waals surface area contributed by atoms with Crippen LogP contribution in [0.4, 0.5) is 0 Å². The van der Waals surface area contributed by atoms with E-state index in [2.05, 4.69) is 35.0 Å². The molecule has 0 bridgehead atoms. The van der Waals surface area contributed by atoms with Crippen LogP contribution < -0.4 is 5.32 Å². The first-order chi connectivity index (χ1) is 9.28. The molecule has 1 aromatic heterocycles. The maximum atomic E-state index is 5.92. The number of aryl methyl sites for hydroxylation is 2. The number of nitrogens with one attached hydrogen (secondary N) is 1. The molecule has 0 saturated carbocycles. The molecule has 4 heteroatoms. The van der Waals surface area contributed by atoms with Crippen LogP contribution in [0.1, 0.15) is 44.5 Å². The molecular formula is C15H27N3O. The van der Waals surface area contributed by atoms with Crippen LogP contribution in [-0.2, 0) is 24.1 Å². The Morgan fingerprint density at radius 1 is 1.47 bits per heavy atom. The molecule has 19 heavy (non-hydrogen) atoms. The third-order valence-corrected chi connectivity index (χ3v) is 4.04. The number of hydrogen-bond acceptors (Lipinski definition) is 3. The van der Waals surface area contributed by atoms with E-state index in [0.29, 0.717) is 12.1 Å². The lowest BCUT2D eigenvalue weighted by molar-refractivity contribution is -0.00623. The lowest BCUT2D eigenvalue weighted by Crippen LogP contribution is -2.43. The number of hydrogen-bond donors (Lipinski definition) is 1. The normalized spacial score (nSPS) is 21.5. The summed E-state index contributed by atoms with van der Waals surface area (Å²) in [4.78, 5) is 0. The van der Waals surface area contributed by atoms with E-state index in [4.69, 9.17) is 4.74 Å². The first-order valence-electron chi connectivity index (χ1n) is 7.62. The highest BCUT2D eigenvalue weighted by atomic mass is 16.5. The van der Waals surface area contributed by atoms with Crippen molar-refractivity contribution in [3.8, 4) is 0 Å². The molecular weight excluding hydrogens is 238 g/mol. The largest absolute Gasteiger partial charge is 0.377 e. The molecule has 1 aliphatic heterocycles. The van der Waals surface area contributed by atoms with Crippen molar-refractivity contribution in [3.05, 3.63) is 17.5 Å². The number of rotatable bonds is 6. The van der Waals surface area contributed by atoms with Gasteiger partial charge >= 0.3 is 0 Å². The Morgan fingerprint density at radius 3 is 2.89 bits per heavy atom. The van der Waals surface area contributed by atoms with E-state index in [1.807, 2.05) is 7.05 Å². The van der Waals surface area contributed by atoms with Crippen molar-refractivity contribution in [1.82, 2.24) is 15.1 Å². The van der Waals surface area contributed by atoms with Gasteiger partial charge in [-0.1, -0.05) is 6.92 Å². The number of ether oxygens (including phenoxy) is 1. The van der Waals surface area contributed by atoms with Crippen molar-refractivity contribution in [2.24, 2.45) is 0 Å². The summed E-state index contributed by atoms with van der Waals surface area (Å²) in [5, 5.41) is 8.06. The minimum Gasteiger partial charge on any atom is -0.377 e. The standard InChI is InChI=1S/C15H27N3O/c1-4-12-10-13(18(5-2)17-12)11-14(16-3)15-8-6-7-9-19-15/h10,14-16H,4-9,11H2,1-3H3. The van der Waals surface area contributed by atoms with Crippen LogP contribution in [0.15, 0.2) is 6.07 Å². The summed E-state index contributed by atoms with van der Waals surface area (Å²) in [6.45, 7) is 6.17. The minimum absolute atomic E-state index is 0.351. The fourth-order valence-corrected chi connectivity index (χ4v) is 2.85. The van der Waals surface area contributed by atoms with E-state index in [1.54, 1.807) is 0 Å². The summed E-state index contributed by atoms with van der Waals surface area (Å²) in [6, 6.07) is 2.64. The molecule has 4 nitrogen and oxygen atoms in total. The van der Waals surface area contributed by atoms with Gasteiger partial charge in [0.15, 0.2) is 0 Å². The van der Waals surface area contributed by atoms with Gasteiger partial charge in [-0.25, -0.2) is 0 Å². The maximum absolute atomic E-state index is 5.92. The number of aromatic nitrogens is 2. The summed E-state index contributed by atoms with van der Waals surface area (Å²) in [7, 11) is 2.04. The average molecular weight is 265 g/mol. The van der Waals surface area contributed by atoms with Crippen LogP contribution in [-0.4, -0.2) is 35.6 Å². The average Bonchev–Trinajstić information content (AvgIpc) is 2.87. The zero-order chi connectivity index (χ0) is 13.7. The molecule has 0 spiro atoms. The van der Waals surface area contributed by atoms with Gasteiger partial charge in [-0.05, 0) is 45.7 Å². The van der Waals surface area contributed by atoms with E-state index in [0.717, 1.165) is 26.0 Å². The van der Waals surface area contributed by atoms with Crippen molar-refractivity contribution in [1.29, 1.82) is 0 Å². The highest BCUT2D eigenvalue weighted by molar-refractivity contribution is 5.12. The Hall–Kier alpha value is -0.870. The van der Waals surface area contributed by atoms with Gasteiger partial charge in [0.05, 0.1) is 11.8 Å². The highest BCUT2D eigenvalue weighted by Crippen LogP contribution is 2.19. The van der Waals surface area contributed by atoms with Crippen molar-refractivity contribution < 1.29 is 4.74 Å². The first-order valence-corrected chi connectivity index (χ1v) is 7.62. The quantitative estimate of drug-likeness (QED) is 0.857. The van der Waals surface area contributed by atoms with Gasteiger partial charge in [0.2, 0.25) is 0 Å². The molecule has 1 fully saturated rings. The number of likely N-dealkylation sites (N-methyl/N-ethyl adjacent to an activating group) is 1. The summed E-state index contributed by atoms with van der Waals surface area (Å²) in [6.07, 6.45) is 6.03. The molecule has 108 valence electrons. The van der Waals surface area contributed by atoms with Crippen molar-refractivity contribution in [2.75, 3.05) is 13.7 Å². The highest BCUT2D eigenvalue weighted by Gasteiger charge is 2.24. The Labute approximate surface area is 116 Å². The fourth-order valence-electron chi connectivity index (χ4n) is 2.85. The second-order valence-corrected chi connectivity index (χ2v) is 5.30. The van der Waals surface area contributed by atoms with Gasteiger partial charge in [0, 0.05) is 31.3 Å². The summed E-state index contributed by atoms with van der Waals surface area (Å²) < 4.78 is 8.05. The van der Waals surface area contributed by atoms with E-state index in [1.165, 1.54) is 30.7 Å². The summed E-state index contributed by atoms with van der Waals surface area (Å²) in [5.41, 5.74) is 2.52. The Balaban J connectivity index is 2.06. The van der Waals surface area contributed by atoms with E-state index in [-0.39, 0.29) is 0 Å². The maximum Gasteiger partial charge on any atom is 0.0731 e. The van der Waals surface area contributed by atoms with Gasteiger partial charge < -0.3 is 10.1 Å². The fraction of sp³-hybridized carbons (Fsp3) is 0.800. The molecule has 2 unspecified atom stereocenters. The summed E-state index contributed by atoms with van der Waals surface area (Å²) >= 11 is 0. The van der Waals surface area contributed by atoms with E-state index in [9.17, 15) is 0 Å². The van der Waals surface area contributed by atoms with Crippen molar-refractivity contribution >= 4 is 0 Å². The molecule has 2 atom stereocenters. The van der Waals surface area contributed by atoms with Gasteiger partial charge in [0.1, 0.15) is 0 Å². The lowest BCUT2D eigenvalue weighted by Gasteiger charge is -2.30. The molecule has 1 saturated heterocycles. The smallest absolute Gasteiger partial charge is 0.0731 e. The Bertz CT molecular complexity index is 383. The van der Waals surface area contributed by atoms with Crippen LogP contribution in [0.2, 0.25) is 0 Å². The molecule has 1 aliphatic rings. The molecule has 2 rings (SSSR count). The Kier molecular flexibility index (Phi) is 5.40. The van der Waals surface area contributed by atoms with Gasteiger partial charge in [-0.15, -0.1) is 0 Å². The topological polar surface area (TPSA) is 39.1 Å². The zero-order valence-electron chi connectivity index (χ0n) is 12.5. The molecule has 0 aliphatic carbocycles. The van der Waals surface area contributed by atoms with Crippen molar-refractivity contribution in [3.63, 3.8) is 0 Å². The summed E-state index contributed by atoms with van der Waals surface area (Å²) in [5.74, 6) is 0. The SMILES string of the molecule is CCc1cc(CC(NC)C2CCCCO2)n(CC)n1. The molecule has 2 heterocycles. The van der Waals surface area contributed by atoms with Crippen LogP contribution in [0.3, 0.4) is 0 Å². The van der Waals surface area contributed by atoms with Crippen LogP contribution >= 0.6 is 0 Å². The van der Waals surface area contributed by atoms with Crippen molar-refractivity contribution in [2.45, 2.75) is 64.6 Å². The van der Waals surface area contributed by atoms with Crippen LogP contribution in [0, 0.1) is 0 Å². The predicted molar refractivity (Wildman–Crippen MR) is 77.4 cm³/mol. The number of nitrogens with zero attached hydrogens (tertiary/aromatic N) is 2. The first kappa shape index (κ1) is 14.5. The second-order valence-electron chi connectivity index (χ2n) is 5.30. The molecule has 0 amide bonds. The molecule has 1 N–H and O–H groups in total. The molecule has 0 radical (unpaired) electrons. The van der Waals surface area contributed by atoms with Crippen LogP contribution in [0.25, 0.3) is 0 Å². The molecule has 1 aromatic rings. The van der Waals surface area contributed by atoms with Gasteiger partial charge in [-0.2, -0.15) is 5.10 Å². The predicted octanol–water partition coefficient (Wildman–Crippen LogP) is 2.17. The third kappa shape index (κ3) is 3.57. The molecule has 0 aromatic carbocycles. The van der Waals surface area contributed by atoms with E-state index >= 15 is 0 Å². The third-order valence-electron chi connectivity index (χ3n) is 4.04. The van der Waals surface area contributed by atoms with Gasteiger partial charge in [0.25, 0.3) is 0 Å². The lowest BCUT2D eigenvalue weighted by atomic mass is 9.98. The zero-order valence-corrected chi connectivity index (χ0v) is 12.5. The second kappa shape index (κ2) is 7.06. The van der Waals surface area contributed by atoms with E-state index < -0.39 is 0 Å². The van der Waals surface area contributed by atoms with Gasteiger partial charge in [-0.3, -0.25) is 4.68 Å².